The van der Waals surface area contributed by atoms with Crippen molar-refractivity contribution in [3.8, 4) is 5.75 Å². The van der Waals surface area contributed by atoms with Crippen LogP contribution in [-0.4, -0.2) is 40.6 Å². The lowest BCUT2D eigenvalue weighted by Gasteiger charge is -2.25. The summed E-state index contributed by atoms with van der Waals surface area (Å²) in [6, 6.07) is 24.5. The molecular weight excluding hydrogens is 474 g/mol. The highest BCUT2D eigenvalue weighted by Crippen LogP contribution is 2.38. The Balaban J connectivity index is 1.43. The number of benzene rings is 3. The molecule has 1 aliphatic heterocycles. The lowest BCUT2D eigenvalue weighted by Crippen LogP contribution is -2.34. The van der Waals surface area contributed by atoms with Crippen molar-refractivity contribution in [1.29, 1.82) is 0 Å². The van der Waals surface area contributed by atoms with E-state index in [1.807, 2.05) is 30.3 Å². The number of fused-ring (bicyclic) bond motifs is 1. The van der Waals surface area contributed by atoms with Crippen LogP contribution in [0, 0.1) is 0 Å². The smallest absolute Gasteiger partial charge is 0.305 e. The molecule has 1 N–H and O–H groups in total. The Morgan fingerprint density at radius 3 is 2.32 bits per heavy atom. The minimum Gasteiger partial charge on any atom is -0.487 e. The van der Waals surface area contributed by atoms with Gasteiger partial charge in [-0.2, -0.15) is 0 Å². The lowest BCUT2D eigenvalue weighted by molar-refractivity contribution is -0.137. The summed E-state index contributed by atoms with van der Waals surface area (Å²) in [6.45, 7) is 9.46. The van der Waals surface area contributed by atoms with Gasteiger partial charge in [0.15, 0.2) is 0 Å². The molecule has 200 valence electrons. The van der Waals surface area contributed by atoms with E-state index in [0.29, 0.717) is 18.5 Å². The molecule has 0 unspecified atom stereocenters. The van der Waals surface area contributed by atoms with Gasteiger partial charge in [0.05, 0.1) is 6.42 Å². The zero-order chi connectivity index (χ0) is 27.3. The Labute approximate surface area is 226 Å². The highest BCUT2D eigenvalue weighted by atomic mass is 16.5. The maximum Gasteiger partial charge on any atom is 0.305 e. The first-order valence-electron chi connectivity index (χ1n) is 13.5. The van der Waals surface area contributed by atoms with Crippen LogP contribution in [0.5, 0.6) is 5.75 Å². The van der Waals surface area contributed by atoms with Gasteiger partial charge in [-0.25, -0.2) is 0 Å². The first kappa shape index (κ1) is 27.4. The van der Waals surface area contributed by atoms with Crippen LogP contribution in [0.1, 0.15) is 73.1 Å². The average molecular weight is 514 g/mol. The molecular formula is C33H39NO4. The molecule has 1 atom stereocenters. The monoisotopic (exact) mass is 513 g/mol. The number of carboxylic acid groups (broad SMARTS) is 1. The zero-order valence-corrected chi connectivity index (χ0v) is 23.0. The number of nitrogens with zero attached hydrogens (tertiary/aromatic N) is 1. The maximum absolute atomic E-state index is 13.5. The van der Waals surface area contributed by atoms with E-state index in [1.54, 1.807) is 11.0 Å². The molecule has 0 saturated carbocycles. The highest BCUT2D eigenvalue weighted by Gasteiger charge is 2.35. The van der Waals surface area contributed by atoms with Gasteiger partial charge < -0.3 is 14.7 Å². The van der Waals surface area contributed by atoms with Crippen molar-refractivity contribution < 1.29 is 19.4 Å². The molecule has 0 radical (unpaired) electrons. The number of aliphatic carboxylic acids is 1. The van der Waals surface area contributed by atoms with Crippen LogP contribution in [0.25, 0.3) is 0 Å². The summed E-state index contributed by atoms with van der Waals surface area (Å²) in [5.74, 6) is -0.218. The second-order valence-corrected chi connectivity index (χ2v) is 11.7. The van der Waals surface area contributed by atoms with Crippen LogP contribution in [0.2, 0.25) is 0 Å². The van der Waals surface area contributed by atoms with Crippen LogP contribution in [0.15, 0.2) is 72.8 Å². The van der Waals surface area contributed by atoms with Gasteiger partial charge >= 0.3 is 5.97 Å². The zero-order valence-electron chi connectivity index (χ0n) is 23.0. The minimum absolute atomic E-state index is 0.0722. The molecule has 3 aromatic carbocycles. The van der Waals surface area contributed by atoms with Crippen molar-refractivity contribution in [3.63, 3.8) is 0 Å². The number of amides is 1. The minimum atomic E-state index is -0.903. The standard InChI is InChI=1S/C33H39NO4/c1-32(2,3)28-15-12-25(13-16-28)22-33(4)23-27-21-26(14-17-29(27)38-33)31(37)34(20-18-30(35)36)19-8-11-24-9-6-5-7-10-24/h5-7,9-10,12-17,21H,8,11,18-20,22-23H2,1-4H3,(H,35,36)/t33-/m1/s1. The van der Waals surface area contributed by atoms with Gasteiger partial charge in [-0.15, -0.1) is 0 Å². The van der Waals surface area contributed by atoms with Gasteiger partial charge in [-0.1, -0.05) is 75.4 Å². The summed E-state index contributed by atoms with van der Waals surface area (Å²) in [5.41, 5.74) is 5.07. The van der Waals surface area contributed by atoms with Crippen molar-refractivity contribution in [2.45, 2.75) is 70.8 Å². The molecule has 1 amide bonds. The Bertz CT molecular complexity index is 1260. The second kappa shape index (κ2) is 11.4. The Hall–Kier alpha value is -3.60. The Morgan fingerprint density at radius 2 is 1.66 bits per heavy atom. The highest BCUT2D eigenvalue weighted by molar-refractivity contribution is 5.95. The van der Waals surface area contributed by atoms with Crippen LogP contribution < -0.4 is 4.74 Å². The van der Waals surface area contributed by atoms with Crippen LogP contribution in [-0.2, 0) is 29.5 Å². The summed E-state index contributed by atoms with van der Waals surface area (Å²) < 4.78 is 6.38. The quantitative estimate of drug-likeness (QED) is 0.337. The number of rotatable bonds is 10. The van der Waals surface area contributed by atoms with Gasteiger partial charge in [0.1, 0.15) is 11.4 Å². The van der Waals surface area contributed by atoms with Crippen LogP contribution >= 0.6 is 0 Å². The molecule has 0 aliphatic carbocycles. The van der Waals surface area contributed by atoms with Crippen molar-refractivity contribution in [3.05, 3.63) is 101 Å². The molecule has 3 aromatic rings. The van der Waals surface area contributed by atoms with E-state index in [1.165, 1.54) is 16.7 Å². The number of carbonyl (C=O) groups is 2. The van der Waals surface area contributed by atoms with E-state index in [0.717, 1.165) is 30.6 Å². The topological polar surface area (TPSA) is 66.8 Å². The number of aryl methyl sites for hydroxylation is 1. The van der Waals surface area contributed by atoms with Gasteiger partial charge in [0, 0.05) is 31.5 Å². The first-order valence-corrected chi connectivity index (χ1v) is 13.5. The van der Waals surface area contributed by atoms with Crippen molar-refractivity contribution in [2.75, 3.05) is 13.1 Å². The molecule has 38 heavy (non-hydrogen) atoms. The summed E-state index contributed by atoms with van der Waals surface area (Å²) in [7, 11) is 0. The van der Waals surface area contributed by atoms with E-state index in [2.05, 4.69) is 64.1 Å². The van der Waals surface area contributed by atoms with E-state index >= 15 is 0 Å². The van der Waals surface area contributed by atoms with E-state index in [-0.39, 0.29) is 29.9 Å². The third-order valence-corrected chi connectivity index (χ3v) is 7.25. The number of hydrogen-bond donors (Lipinski definition) is 1. The maximum atomic E-state index is 13.5. The fourth-order valence-electron chi connectivity index (χ4n) is 5.15. The van der Waals surface area contributed by atoms with Gasteiger partial charge in [0.2, 0.25) is 0 Å². The molecule has 0 fully saturated rings. The van der Waals surface area contributed by atoms with Crippen molar-refractivity contribution >= 4 is 11.9 Å². The molecule has 5 nitrogen and oxygen atoms in total. The molecule has 0 aromatic heterocycles. The van der Waals surface area contributed by atoms with Gasteiger partial charge in [-0.05, 0) is 65.6 Å². The predicted octanol–water partition coefficient (Wildman–Crippen LogP) is 6.47. The fourth-order valence-corrected chi connectivity index (χ4v) is 5.15. The lowest BCUT2D eigenvalue weighted by atomic mass is 9.85. The Kier molecular flexibility index (Phi) is 8.25. The second-order valence-electron chi connectivity index (χ2n) is 11.7. The summed E-state index contributed by atoms with van der Waals surface area (Å²) >= 11 is 0. The first-order chi connectivity index (χ1) is 18.0. The average Bonchev–Trinajstić information content (AvgIpc) is 3.20. The number of carbonyl (C=O) groups excluding carboxylic acids is 1. The van der Waals surface area contributed by atoms with Crippen molar-refractivity contribution in [2.24, 2.45) is 0 Å². The molecule has 0 saturated heterocycles. The fraction of sp³-hybridized carbons (Fsp3) is 0.394. The molecule has 1 heterocycles. The van der Waals surface area contributed by atoms with Crippen molar-refractivity contribution in [1.82, 2.24) is 4.90 Å². The largest absolute Gasteiger partial charge is 0.487 e. The van der Waals surface area contributed by atoms with E-state index in [4.69, 9.17) is 4.74 Å². The number of ether oxygens (including phenoxy) is 1. The molecule has 0 bridgehead atoms. The third-order valence-electron chi connectivity index (χ3n) is 7.25. The molecule has 4 rings (SSSR count). The SMILES string of the molecule is CC(C)(C)c1ccc(C[C@]2(C)Cc3cc(C(=O)N(CCCc4ccccc4)CCC(=O)O)ccc3O2)cc1. The summed E-state index contributed by atoms with van der Waals surface area (Å²) in [5, 5.41) is 9.22. The normalized spacial score (nSPS) is 16.5. The predicted molar refractivity (Wildman–Crippen MR) is 151 cm³/mol. The molecule has 0 spiro atoms. The molecule has 1 aliphatic rings. The van der Waals surface area contributed by atoms with Gasteiger partial charge in [0.25, 0.3) is 5.91 Å². The van der Waals surface area contributed by atoms with Crippen LogP contribution in [0.4, 0.5) is 0 Å². The van der Waals surface area contributed by atoms with Gasteiger partial charge in [-0.3, -0.25) is 9.59 Å². The Morgan fingerprint density at radius 1 is 0.947 bits per heavy atom. The van der Waals surface area contributed by atoms with E-state index < -0.39 is 5.97 Å². The third kappa shape index (κ3) is 7.03. The summed E-state index contributed by atoms with van der Waals surface area (Å²) in [6.07, 6.45) is 3.03. The number of hydrogen-bond acceptors (Lipinski definition) is 3. The molecule has 5 heteroatoms. The van der Waals surface area contributed by atoms with Crippen LogP contribution in [0.3, 0.4) is 0 Å². The number of carboxylic acids is 1. The summed E-state index contributed by atoms with van der Waals surface area (Å²) in [4.78, 5) is 26.4. The van der Waals surface area contributed by atoms with E-state index in [9.17, 15) is 14.7 Å².